The third kappa shape index (κ3) is 5.30. The minimum Gasteiger partial charge on any atom is -0.462 e. The van der Waals surface area contributed by atoms with E-state index in [0.717, 1.165) is 68.7 Å². The highest BCUT2D eigenvalue weighted by Gasteiger charge is 2.26. The minimum absolute atomic E-state index is 0.0160. The lowest BCUT2D eigenvalue weighted by Gasteiger charge is -2.26. The van der Waals surface area contributed by atoms with E-state index in [1.54, 1.807) is 0 Å². The monoisotopic (exact) mass is 505 g/mol. The van der Waals surface area contributed by atoms with Gasteiger partial charge in [-0.05, 0) is 122 Å². The van der Waals surface area contributed by atoms with E-state index in [4.69, 9.17) is 9.72 Å². The fourth-order valence-electron chi connectivity index (χ4n) is 5.80. The van der Waals surface area contributed by atoms with E-state index in [0.29, 0.717) is 0 Å². The smallest absolute Gasteiger partial charge is 0.309 e. The summed E-state index contributed by atoms with van der Waals surface area (Å²) in [5.41, 5.74) is 8.10. The number of hydrogen-bond acceptors (Lipinski definition) is 5. The Morgan fingerprint density at radius 1 is 0.974 bits per heavy atom. The summed E-state index contributed by atoms with van der Waals surface area (Å²) in [7, 11) is 0. The molecule has 0 saturated carbocycles. The van der Waals surface area contributed by atoms with Crippen LogP contribution in [0.4, 0.5) is 0 Å². The topological polar surface area (TPSA) is 63.2 Å². The number of aromatic nitrogens is 1. The van der Waals surface area contributed by atoms with E-state index in [1.807, 2.05) is 19.2 Å². The predicted octanol–water partition coefficient (Wildman–Crippen LogP) is 6.40. The summed E-state index contributed by atoms with van der Waals surface area (Å²) in [6.45, 7) is 3.90. The molecule has 0 spiro atoms. The number of hydrogen-bond donors (Lipinski definition) is 2. The first-order chi connectivity index (χ1) is 18.6. The molecule has 3 heterocycles. The molecule has 1 saturated heterocycles. The molecule has 2 N–H and O–H groups in total. The predicted molar refractivity (Wildman–Crippen MR) is 154 cm³/mol. The number of allylic oxidation sites excluding steroid dienone is 4. The van der Waals surface area contributed by atoms with Crippen molar-refractivity contribution in [3.63, 3.8) is 0 Å². The largest absolute Gasteiger partial charge is 0.462 e. The van der Waals surface area contributed by atoms with E-state index >= 15 is 0 Å². The molecule has 0 bridgehead atoms. The third-order valence-electron chi connectivity index (χ3n) is 7.99. The van der Waals surface area contributed by atoms with Crippen molar-refractivity contribution in [2.24, 2.45) is 5.92 Å². The first-order valence-corrected chi connectivity index (χ1v) is 13.9. The Labute approximate surface area is 224 Å². The SMILES string of the molecule is Cc1cccc(C2=C(c3ccc4ccc(C5=CCC(C(=O)OC6CCNCC6)CC5)cc4c3)CC=CN2)n1. The quantitative estimate of drug-likeness (QED) is 0.393. The van der Waals surface area contributed by atoms with E-state index < -0.39 is 0 Å². The number of ether oxygens (including phenoxy) is 1. The van der Waals surface area contributed by atoms with Gasteiger partial charge in [-0.15, -0.1) is 0 Å². The molecule has 6 rings (SSSR count). The Bertz CT molecular complexity index is 1450. The van der Waals surface area contributed by atoms with E-state index in [9.17, 15) is 4.79 Å². The zero-order chi connectivity index (χ0) is 25.9. The second-order valence-electron chi connectivity index (χ2n) is 10.6. The van der Waals surface area contributed by atoms with Crippen molar-refractivity contribution in [2.45, 2.75) is 51.6 Å². The zero-order valence-electron chi connectivity index (χ0n) is 22.0. The van der Waals surface area contributed by atoms with E-state index in [1.165, 1.54) is 33.0 Å². The van der Waals surface area contributed by atoms with Crippen molar-refractivity contribution >= 4 is 33.6 Å². The first kappa shape index (κ1) is 24.6. The zero-order valence-corrected chi connectivity index (χ0v) is 22.0. The number of carbonyl (C=O) groups is 1. The summed E-state index contributed by atoms with van der Waals surface area (Å²) in [5, 5.41) is 9.23. The van der Waals surface area contributed by atoms with Crippen molar-refractivity contribution in [2.75, 3.05) is 13.1 Å². The Morgan fingerprint density at radius 3 is 2.58 bits per heavy atom. The summed E-state index contributed by atoms with van der Waals surface area (Å²) in [4.78, 5) is 17.5. The number of carbonyl (C=O) groups excluding carboxylic acids is 1. The van der Waals surface area contributed by atoms with Crippen LogP contribution in [0.3, 0.4) is 0 Å². The lowest BCUT2D eigenvalue weighted by atomic mass is 9.85. The molecule has 0 radical (unpaired) electrons. The lowest BCUT2D eigenvalue weighted by molar-refractivity contribution is -0.155. The maximum absolute atomic E-state index is 12.7. The summed E-state index contributed by atoms with van der Waals surface area (Å²) < 4.78 is 5.82. The number of pyridine rings is 1. The number of piperidine rings is 1. The van der Waals surface area contributed by atoms with Crippen LogP contribution in [-0.2, 0) is 9.53 Å². The summed E-state index contributed by atoms with van der Waals surface area (Å²) in [6, 6.07) is 19.6. The van der Waals surface area contributed by atoms with Gasteiger partial charge in [-0.3, -0.25) is 9.78 Å². The minimum atomic E-state index is -0.0202. The van der Waals surface area contributed by atoms with Gasteiger partial charge >= 0.3 is 5.97 Å². The maximum Gasteiger partial charge on any atom is 0.309 e. The standard InChI is InChI=1S/C33H35N3O2/c1-22-4-2-6-31(36-22)32-30(5-3-17-35-32)27-14-10-24-9-13-26(20-28(24)21-27)23-7-11-25(12-8-23)33(37)38-29-15-18-34-19-16-29/h2-4,6-7,9-10,13-14,17,20-21,25,29,34-35H,5,8,11-12,15-16,18-19H2,1H3. The van der Waals surface area contributed by atoms with Crippen LogP contribution in [0, 0.1) is 12.8 Å². The number of dihydropyridines is 1. The van der Waals surface area contributed by atoms with Crippen molar-refractivity contribution in [1.82, 2.24) is 15.6 Å². The van der Waals surface area contributed by atoms with Gasteiger partial charge in [0.25, 0.3) is 0 Å². The highest BCUT2D eigenvalue weighted by atomic mass is 16.5. The number of aryl methyl sites for hydroxylation is 1. The Hall–Kier alpha value is -3.70. The molecule has 194 valence electrons. The molecule has 38 heavy (non-hydrogen) atoms. The van der Waals surface area contributed by atoms with Crippen molar-refractivity contribution in [3.05, 3.63) is 95.5 Å². The molecule has 1 unspecified atom stereocenters. The van der Waals surface area contributed by atoms with Crippen LogP contribution >= 0.6 is 0 Å². The number of esters is 1. The van der Waals surface area contributed by atoms with Gasteiger partial charge in [0.15, 0.2) is 0 Å². The van der Waals surface area contributed by atoms with E-state index in [-0.39, 0.29) is 18.0 Å². The van der Waals surface area contributed by atoms with Gasteiger partial charge in [0.2, 0.25) is 0 Å². The molecular weight excluding hydrogens is 470 g/mol. The average Bonchev–Trinajstić information content (AvgIpc) is 2.97. The third-order valence-corrected chi connectivity index (χ3v) is 7.99. The van der Waals surface area contributed by atoms with Gasteiger partial charge in [0.05, 0.1) is 17.3 Å². The maximum atomic E-state index is 12.7. The number of rotatable bonds is 5. The molecule has 0 amide bonds. The normalized spacial score (nSPS) is 20.2. The van der Waals surface area contributed by atoms with Gasteiger partial charge in [-0.1, -0.05) is 42.5 Å². The molecule has 5 heteroatoms. The molecule has 3 aromatic rings. The number of fused-ring (bicyclic) bond motifs is 1. The van der Waals surface area contributed by atoms with Crippen LogP contribution in [0.1, 0.15) is 61.0 Å². The molecule has 2 aliphatic heterocycles. The first-order valence-electron chi connectivity index (χ1n) is 13.9. The van der Waals surface area contributed by atoms with Crippen LogP contribution < -0.4 is 10.6 Å². The van der Waals surface area contributed by atoms with Crippen LogP contribution in [0.15, 0.2) is 72.9 Å². The van der Waals surface area contributed by atoms with Crippen LogP contribution in [-0.4, -0.2) is 30.1 Å². The number of nitrogens with one attached hydrogen (secondary N) is 2. The summed E-state index contributed by atoms with van der Waals surface area (Å²) >= 11 is 0. The van der Waals surface area contributed by atoms with Gasteiger partial charge in [-0.25, -0.2) is 0 Å². The van der Waals surface area contributed by atoms with Crippen LogP contribution in [0.5, 0.6) is 0 Å². The Balaban J connectivity index is 1.23. The molecule has 1 atom stereocenters. The molecule has 3 aliphatic rings. The second-order valence-corrected chi connectivity index (χ2v) is 10.6. The summed E-state index contributed by atoms with van der Waals surface area (Å²) in [6.07, 6.45) is 11.7. The second kappa shape index (κ2) is 11.0. The van der Waals surface area contributed by atoms with Gasteiger partial charge in [-0.2, -0.15) is 0 Å². The van der Waals surface area contributed by atoms with Crippen molar-refractivity contribution < 1.29 is 9.53 Å². The highest BCUT2D eigenvalue weighted by Crippen LogP contribution is 2.35. The molecule has 2 aromatic carbocycles. The molecule has 1 fully saturated rings. The van der Waals surface area contributed by atoms with Crippen molar-refractivity contribution in [3.8, 4) is 0 Å². The molecular formula is C33H35N3O2. The Morgan fingerprint density at radius 2 is 1.79 bits per heavy atom. The van der Waals surface area contributed by atoms with Gasteiger partial charge < -0.3 is 15.4 Å². The highest BCUT2D eigenvalue weighted by molar-refractivity contribution is 5.95. The Kier molecular flexibility index (Phi) is 7.10. The van der Waals surface area contributed by atoms with Gasteiger partial charge in [0, 0.05) is 5.69 Å². The number of benzene rings is 2. The average molecular weight is 506 g/mol. The lowest BCUT2D eigenvalue weighted by Crippen LogP contribution is -2.35. The van der Waals surface area contributed by atoms with Crippen LogP contribution in [0.2, 0.25) is 0 Å². The fourth-order valence-corrected chi connectivity index (χ4v) is 5.80. The fraction of sp³-hybridized carbons (Fsp3) is 0.333. The van der Waals surface area contributed by atoms with E-state index in [2.05, 4.69) is 71.3 Å². The van der Waals surface area contributed by atoms with Crippen molar-refractivity contribution in [1.29, 1.82) is 0 Å². The molecule has 5 nitrogen and oxygen atoms in total. The van der Waals surface area contributed by atoms with Gasteiger partial charge in [0.1, 0.15) is 6.10 Å². The number of nitrogens with zero attached hydrogens (tertiary/aromatic N) is 1. The molecule has 1 aliphatic carbocycles. The molecule has 1 aromatic heterocycles. The summed E-state index contributed by atoms with van der Waals surface area (Å²) in [5.74, 6) is -0.0363. The van der Waals surface area contributed by atoms with Crippen LogP contribution in [0.25, 0.3) is 27.6 Å².